The highest BCUT2D eigenvalue weighted by Gasteiger charge is 2.51. The van der Waals surface area contributed by atoms with Gasteiger partial charge in [0.25, 0.3) is 0 Å². The number of hydrogen-bond acceptors (Lipinski definition) is 7. The maximum absolute atomic E-state index is 13.1. The van der Waals surface area contributed by atoms with E-state index in [4.69, 9.17) is 14.2 Å². The van der Waals surface area contributed by atoms with Gasteiger partial charge in [0, 0.05) is 5.92 Å². The van der Waals surface area contributed by atoms with Crippen LogP contribution >= 0.6 is 0 Å². The maximum Gasteiger partial charge on any atom is 0.348 e. The van der Waals surface area contributed by atoms with Crippen LogP contribution in [0.5, 0.6) is 17.8 Å². The number of methoxy groups -OCH3 is 2. The van der Waals surface area contributed by atoms with Crippen LogP contribution in [0.3, 0.4) is 0 Å². The Morgan fingerprint density at radius 1 is 0.941 bits per heavy atom. The lowest BCUT2D eigenvalue weighted by atomic mass is 9.77. The van der Waals surface area contributed by atoms with Gasteiger partial charge in [0.2, 0.25) is 23.8 Å². The molecule has 1 aromatic heterocycles. The van der Waals surface area contributed by atoms with Crippen molar-refractivity contribution in [3.8, 4) is 17.8 Å². The van der Waals surface area contributed by atoms with Crippen LogP contribution in [0, 0.1) is 5.92 Å². The summed E-state index contributed by atoms with van der Waals surface area (Å²) in [5, 5.41) is 13.4. The van der Waals surface area contributed by atoms with Crippen molar-refractivity contribution in [1.29, 1.82) is 0 Å². The Morgan fingerprint density at radius 2 is 1.44 bits per heavy atom. The predicted octanol–water partition coefficient (Wildman–Crippen LogP) is 2.80. The third-order valence-electron chi connectivity index (χ3n) is 5.64. The first-order valence-corrected chi connectivity index (χ1v) is 10.8. The Bertz CT molecular complexity index is 1090. The van der Waals surface area contributed by atoms with Gasteiger partial charge in [-0.2, -0.15) is 9.97 Å². The number of carbonyl (C=O) groups is 2. The number of hydrogen-bond donors (Lipinski definition) is 2. The van der Waals surface area contributed by atoms with E-state index < -0.39 is 17.6 Å². The number of amides is 1. The molecule has 0 saturated heterocycles. The summed E-state index contributed by atoms with van der Waals surface area (Å²) in [6, 6.07) is 18.9. The first-order chi connectivity index (χ1) is 16.5. The Labute approximate surface area is 196 Å². The second-order valence-electron chi connectivity index (χ2n) is 7.87. The first kappa shape index (κ1) is 23.0. The summed E-state index contributed by atoms with van der Waals surface area (Å²) in [6.07, 6.45) is -0.127. The summed E-state index contributed by atoms with van der Waals surface area (Å²) in [7, 11) is 2.82. The fourth-order valence-corrected chi connectivity index (χ4v) is 3.80. The normalized spacial score (nSPS) is 14.1. The monoisotopic (exact) mass is 463 g/mol. The minimum absolute atomic E-state index is 0.137. The number of rotatable bonds is 10. The van der Waals surface area contributed by atoms with Crippen LogP contribution in [-0.2, 0) is 15.1 Å². The fraction of sp³-hybridized carbons (Fsp3) is 0.280. The zero-order valence-electron chi connectivity index (χ0n) is 18.8. The molecule has 34 heavy (non-hydrogen) atoms. The van der Waals surface area contributed by atoms with Crippen molar-refractivity contribution >= 4 is 11.9 Å². The van der Waals surface area contributed by atoms with E-state index in [-0.39, 0.29) is 29.6 Å². The van der Waals surface area contributed by atoms with Gasteiger partial charge in [0.1, 0.15) is 5.54 Å². The number of benzene rings is 2. The number of aromatic nitrogens is 2. The van der Waals surface area contributed by atoms with Crippen LogP contribution in [0.4, 0.5) is 0 Å². The van der Waals surface area contributed by atoms with E-state index in [1.54, 1.807) is 48.5 Å². The lowest BCUT2D eigenvalue weighted by Crippen LogP contribution is -2.60. The van der Waals surface area contributed by atoms with Gasteiger partial charge in [-0.15, -0.1) is 0 Å². The van der Waals surface area contributed by atoms with Crippen LogP contribution in [-0.4, -0.2) is 47.3 Å². The van der Waals surface area contributed by atoms with Crippen molar-refractivity contribution in [2.75, 3.05) is 14.2 Å². The van der Waals surface area contributed by atoms with Crippen LogP contribution < -0.4 is 19.5 Å². The average Bonchev–Trinajstić information content (AvgIpc) is 3.72. The Hall–Kier alpha value is -4.14. The van der Waals surface area contributed by atoms with Gasteiger partial charge >= 0.3 is 12.0 Å². The molecule has 0 radical (unpaired) electrons. The molecule has 1 fully saturated rings. The quantitative estimate of drug-likeness (QED) is 0.471. The molecule has 176 valence electrons. The van der Waals surface area contributed by atoms with Crippen molar-refractivity contribution in [3.05, 3.63) is 77.9 Å². The van der Waals surface area contributed by atoms with E-state index in [0.29, 0.717) is 11.1 Å². The van der Waals surface area contributed by atoms with Crippen molar-refractivity contribution in [3.63, 3.8) is 0 Å². The fourth-order valence-electron chi connectivity index (χ4n) is 3.80. The van der Waals surface area contributed by atoms with Crippen LogP contribution in [0.25, 0.3) is 0 Å². The highest BCUT2D eigenvalue weighted by atomic mass is 16.5. The number of carboxylic acids is 1. The molecule has 9 heteroatoms. The number of carbonyl (C=O) groups excluding carboxylic acids is 1. The SMILES string of the molecule is COc1cc(OC)nc(OC(C(=O)O)C(NC(=O)C2CC2)(c2ccccc2)c2ccccc2)n1. The summed E-state index contributed by atoms with van der Waals surface area (Å²) >= 11 is 0. The van der Waals surface area contributed by atoms with Gasteiger partial charge in [-0.1, -0.05) is 60.7 Å². The van der Waals surface area contributed by atoms with Crippen LogP contribution in [0.2, 0.25) is 0 Å². The zero-order chi connectivity index (χ0) is 24.1. The van der Waals surface area contributed by atoms with Gasteiger partial charge in [-0.3, -0.25) is 4.79 Å². The highest BCUT2D eigenvalue weighted by Crippen LogP contribution is 2.38. The van der Waals surface area contributed by atoms with E-state index in [2.05, 4.69) is 15.3 Å². The van der Waals surface area contributed by atoms with Gasteiger partial charge in [-0.25, -0.2) is 4.79 Å². The molecule has 2 N–H and O–H groups in total. The summed E-state index contributed by atoms with van der Waals surface area (Å²) < 4.78 is 16.3. The Morgan fingerprint density at radius 3 is 1.85 bits per heavy atom. The summed E-state index contributed by atoms with van der Waals surface area (Å²) in [5.41, 5.74) is -0.497. The van der Waals surface area contributed by atoms with E-state index >= 15 is 0 Å². The molecule has 1 atom stereocenters. The molecular formula is C25H25N3O6. The van der Waals surface area contributed by atoms with Gasteiger partial charge in [0.05, 0.1) is 20.3 Å². The molecule has 3 aromatic rings. The van der Waals surface area contributed by atoms with Gasteiger partial charge in [0.15, 0.2) is 0 Å². The van der Waals surface area contributed by atoms with Crippen LogP contribution in [0.1, 0.15) is 24.0 Å². The lowest BCUT2D eigenvalue weighted by molar-refractivity contribution is -0.150. The summed E-state index contributed by atoms with van der Waals surface area (Å²) in [5.74, 6) is -1.45. The highest BCUT2D eigenvalue weighted by molar-refractivity contribution is 5.85. The molecule has 1 aliphatic rings. The number of aliphatic carboxylic acids is 1. The van der Waals surface area contributed by atoms with E-state index in [9.17, 15) is 14.7 Å². The van der Waals surface area contributed by atoms with E-state index in [0.717, 1.165) is 12.8 Å². The molecule has 2 aromatic carbocycles. The minimum atomic E-state index is -1.63. The van der Waals surface area contributed by atoms with Crippen molar-refractivity contribution in [1.82, 2.24) is 15.3 Å². The standard InChI is InChI=1S/C25H25N3O6/c1-32-19-15-20(33-2)27-24(26-19)34-21(23(30)31)25(17-9-5-3-6-10-17,18-11-7-4-8-12-18)28-22(29)16-13-14-16/h3-12,15-16,21H,13-14H2,1-2H3,(H,28,29)(H,30,31). The number of ether oxygens (including phenoxy) is 3. The average molecular weight is 463 g/mol. The molecule has 1 amide bonds. The van der Waals surface area contributed by atoms with Crippen molar-refractivity contribution in [2.24, 2.45) is 5.92 Å². The topological polar surface area (TPSA) is 120 Å². The maximum atomic E-state index is 13.1. The molecule has 1 unspecified atom stereocenters. The van der Waals surface area contributed by atoms with E-state index in [1.807, 2.05) is 12.1 Å². The Balaban J connectivity index is 1.90. The molecule has 4 rings (SSSR count). The van der Waals surface area contributed by atoms with Crippen LogP contribution in [0.15, 0.2) is 66.7 Å². The molecule has 1 aliphatic carbocycles. The first-order valence-electron chi connectivity index (χ1n) is 10.8. The van der Waals surface area contributed by atoms with Gasteiger partial charge < -0.3 is 24.6 Å². The number of nitrogens with one attached hydrogen (secondary N) is 1. The molecule has 9 nitrogen and oxygen atoms in total. The molecule has 1 saturated carbocycles. The number of nitrogens with zero attached hydrogens (tertiary/aromatic N) is 2. The zero-order valence-corrected chi connectivity index (χ0v) is 18.8. The molecule has 1 heterocycles. The van der Waals surface area contributed by atoms with E-state index in [1.165, 1.54) is 20.3 Å². The van der Waals surface area contributed by atoms with Crippen molar-refractivity contribution in [2.45, 2.75) is 24.5 Å². The second kappa shape index (κ2) is 9.78. The minimum Gasteiger partial charge on any atom is -0.481 e. The smallest absolute Gasteiger partial charge is 0.348 e. The molecular weight excluding hydrogens is 438 g/mol. The molecule has 0 spiro atoms. The summed E-state index contributed by atoms with van der Waals surface area (Å²) in [6.45, 7) is 0. The molecule has 0 bridgehead atoms. The molecule has 0 aliphatic heterocycles. The van der Waals surface area contributed by atoms with Gasteiger partial charge in [-0.05, 0) is 24.0 Å². The number of carboxylic acid groups (broad SMARTS) is 1. The third kappa shape index (κ3) is 4.63. The van der Waals surface area contributed by atoms with Crippen molar-refractivity contribution < 1.29 is 28.9 Å². The third-order valence-corrected chi connectivity index (χ3v) is 5.64. The lowest BCUT2D eigenvalue weighted by Gasteiger charge is -2.39. The summed E-state index contributed by atoms with van der Waals surface area (Å²) in [4.78, 5) is 34.2. The second-order valence-corrected chi connectivity index (χ2v) is 7.87. The largest absolute Gasteiger partial charge is 0.481 e. The Kier molecular flexibility index (Phi) is 6.62. The predicted molar refractivity (Wildman–Crippen MR) is 122 cm³/mol.